The average molecular weight is 317 g/mol. The van der Waals surface area contributed by atoms with Gasteiger partial charge in [0.25, 0.3) is 0 Å². The number of carboxylic acid groups (broad SMARTS) is 1. The van der Waals surface area contributed by atoms with Crippen LogP contribution in [0, 0.1) is 6.92 Å². The second-order valence-corrected chi connectivity index (χ2v) is 5.20. The maximum absolute atomic E-state index is 10.8. The van der Waals surface area contributed by atoms with Crippen molar-refractivity contribution in [1.82, 2.24) is 19.6 Å². The van der Waals surface area contributed by atoms with Crippen LogP contribution in [0.5, 0.6) is 0 Å². The van der Waals surface area contributed by atoms with Crippen molar-refractivity contribution in [3.8, 4) is 5.82 Å². The van der Waals surface area contributed by atoms with Gasteiger partial charge in [-0.1, -0.05) is 23.7 Å². The molecule has 6 nitrogen and oxygen atoms in total. The third-order valence-corrected chi connectivity index (χ3v) is 3.65. The molecule has 0 radical (unpaired) electrons. The van der Waals surface area contributed by atoms with Gasteiger partial charge in [0.1, 0.15) is 0 Å². The number of rotatable bonds is 3. The zero-order chi connectivity index (χ0) is 15.9. The lowest BCUT2D eigenvalue weighted by Crippen LogP contribution is -2.05. The molecule has 0 fully saturated rings. The zero-order valence-corrected chi connectivity index (χ0v) is 12.7. The molecule has 1 aromatic carbocycles. The predicted octanol–water partition coefficient (Wildman–Crippen LogP) is 2.82. The summed E-state index contributed by atoms with van der Waals surface area (Å²) in [5, 5.41) is 18.8. The van der Waals surface area contributed by atoms with E-state index in [2.05, 4.69) is 10.2 Å². The average Bonchev–Trinajstić information content (AvgIpc) is 2.94. The van der Waals surface area contributed by atoms with Gasteiger partial charge in [0.15, 0.2) is 11.0 Å². The van der Waals surface area contributed by atoms with Gasteiger partial charge >= 0.3 is 5.97 Å². The smallest absolute Gasteiger partial charge is 0.328 e. The minimum atomic E-state index is -1.02. The number of fused-ring (bicyclic) bond motifs is 1. The second kappa shape index (κ2) is 5.31. The number of aromatic nitrogens is 4. The van der Waals surface area contributed by atoms with Gasteiger partial charge in [-0.05, 0) is 25.1 Å². The number of benzene rings is 1. The predicted molar refractivity (Wildman–Crippen MR) is 84.3 cm³/mol. The van der Waals surface area contributed by atoms with Crippen molar-refractivity contribution in [3.63, 3.8) is 0 Å². The fourth-order valence-corrected chi connectivity index (χ4v) is 2.69. The van der Waals surface area contributed by atoms with E-state index in [4.69, 9.17) is 16.7 Å². The SMILES string of the molecule is Cc1nn(C)c(-n2nc(Cl)c3ccccc32)c1C=CC(=O)O. The lowest BCUT2D eigenvalue weighted by atomic mass is 10.2. The van der Waals surface area contributed by atoms with Gasteiger partial charge in [-0.25, -0.2) is 9.48 Å². The van der Waals surface area contributed by atoms with Gasteiger partial charge in [0.2, 0.25) is 0 Å². The standard InChI is InChI=1S/C15H13ClN4O2/c1-9-10(7-8-13(21)22)15(19(2)17-9)20-12-6-4-3-5-11(12)14(16)18-20/h3-8H,1-2H3,(H,21,22). The van der Waals surface area contributed by atoms with Gasteiger partial charge < -0.3 is 5.11 Å². The first-order valence-electron chi connectivity index (χ1n) is 6.57. The molecule has 1 N–H and O–H groups in total. The van der Waals surface area contributed by atoms with Crippen molar-refractivity contribution in [2.75, 3.05) is 0 Å². The Kier molecular flexibility index (Phi) is 3.46. The van der Waals surface area contributed by atoms with E-state index in [-0.39, 0.29) is 0 Å². The largest absolute Gasteiger partial charge is 0.478 e. The number of carboxylic acids is 1. The lowest BCUT2D eigenvalue weighted by molar-refractivity contribution is -0.131. The summed E-state index contributed by atoms with van der Waals surface area (Å²) in [6.07, 6.45) is 2.60. The third-order valence-electron chi connectivity index (χ3n) is 3.37. The van der Waals surface area contributed by atoms with Gasteiger partial charge in [0.05, 0.1) is 11.2 Å². The molecule has 112 valence electrons. The molecule has 0 aliphatic carbocycles. The molecule has 0 unspecified atom stereocenters. The first-order valence-corrected chi connectivity index (χ1v) is 6.95. The highest BCUT2D eigenvalue weighted by atomic mass is 35.5. The molecule has 2 aromatic heterocycles. The fraction of sp³-hybridized carbons (Fsp3) is 0.133. The summed E-state index contributed by atoms with van der Waals surface area (Å²) >= 11 is 6.19. The Hall–Kier alpha value is -2.60. The molecule has 0 atom stereocenters. The van der Waals surface area contributed by atoms with E-state index in [1.807, 2.05) is 31.2 Å². The molecule has 3 rings (SSSR count). The number of carbonyl (C=O) groups is 1. The Labute approximate surface area is 131 Å². The normalized spacial score (nSPS) is 11.6. The first kappa shape index (κ1) is 14.3. The summed E-state index contributed by atoms with van der Waals surface area (Å²) in [6, 6.07) is 7.57. The van der Waals surface area contributed by atoms with E-state index in [0.717, 1.165) is 17.0 Å². The van der Waals surface area contributed by atoms with Crippen molar-refractivity contribution in [2.45, 2.75) is 6.92 Å². The van der Waals surface area contributed by atoms with Crippen molar-refractivity contribution in [3.05, 3.63) is 46.8 Å². The van der Waals surface area contributed by atoms with Gasteiger partial charge in [-0.2, -0.15) is 10.2 Å². The highest BCUT2D eigenvalue weighted by Crippen LogP contribution is 2.28. The van der Waals surface area contributed by atoms with Gasteiger partial charge in [-0.15, -0.1) is 0 Å². The molecule has 0 spiro atoms. The molecular formula is C15H13ClN4O2. The first-order chi connectivity index (χ1) is 10.5. The van der Waals surface area contributed by atoms with Crippen LogP contribution in [0.4, 0.5) is 0 Å². The number of hydrogen-bond acceptors (Lipinski definition) is 3. The summed E-state index contributed by atoms with van der Waals surface area (Å²) in [5.74, 6) is -0.351. The second-order valence-electron chi connectivity index (χ2n) is 4.84. The van der Waals surface area contributed by atoms with Crippen LogP contribution in [-0.4, -0.2) is 30.6 Å². The van der Waals surface area contributed by atoms with Crippen LogP contribution in [0.3, 0.4) is 0 Å². The van der Waals surface area contributed by atoms with Crippen LogP contribution in [0.2, 0.25) is 5.15 Å². The van der Waals surface area contributed by atoms with Crippen LogP contribution in [0.1, 0.15) is 11.3 Å². The summed E-state index contributed by atoms with van der Waals surface area (Å²) in [7, 11) is 1.78. The highest BCUT2D eigenvalue weighted by molar-refractivity contribution is 6.34. The number of aryl methyl sites for hydroxylation is 2. The van der Waals surface area contributed by atoms with E-state index < -0.39 is 5.97 Å². The molecule has 3 aromatic rings. The van der Waals surface area contributed by atoms with Crippen LogP contribution in [-0.2, 0) is 11.8 Å². The molecule has 0 bridgehead atoms. The van der Waals surface area contributed by atoms with Crippen molar-refractivity contribution >= 4 is 34.5 Å². The van der Waals surface area contributed by atoms with Crippen LogP contribution < -0.4 is 0 Å². The van der Waals surface area contributed by atoms with Gasteiger partial charge in [0, 0.05) is 24.1 Å². The van der Waals surface area contributed by atoms with Crippen molar-refractivity contribution < 1.29 is 9.90 Å². The maximum Gasteiger partial charge on any atom is 0.328 e. The zero-order valence-electron chi connectivity index (χ0n) is 12.0. The van der Waals surface area contributed by atoms with Crippen molar-refractivity contribution in [1.29, 1.82) is 0 Å². The topological polar surface area (TPSA) is 72.9 Å². The molecular weight excluding hydrogens is 304 g/mol. The third kappa shape index (κ3) is 2.27. The molecule has 0 saturated heterocycles. The minimum absolute atomic E-state index is 0.391. The monoisotopic (exact) mass is 316 g/mol. The minimum Gasteiger partial charge on any atom is -0.478 e. The van der Waals surface area contributed by atoms with Crippen LogP contribution in [0.25, 0.3) is 22.8 Å². The molecule has 0 saturated carbocycles. The molecule has 22 heavy (non-hydrogen) atoms. The van der Waals surface area contributed by atoms with E-state index in [9.17, 15) is 4.79 Å². The molecule has 7 heteroatoms. The molecule has 0 amide bonds. The summed E-state index contributed by atoms with van der Waals surface area (Å²) < 4.78 is 3.34. The summed E-state index contributed by atoms with van der Waals surface area (Å²) in [5.41, 5.74) is 2.24. The number of para-hydroxylation sites is 1. The van der Waals surface area contributed by atoms with Crippen LogP contribution >= 0.6 is 11.6 Å². The lowest BCUT2D eigenvalue weighted by Gasteiger charge is -2.05. The Bertz CT molecular complexity index is 908. The number of aliphatic carboxylic acids is 1. The Morgan fingerprint density at radius 3 is 2.77 bits per heavy atom. The van der Waals surface area contributed by atoms with E-state index in [1.54, 1.807) is 16.4 Å². The van der Waals surface area contributed by atoms with E-state index in [0.29, 0.717) is 22.2 Å². The fourth-order valence-electron chi connectivity index (χ4n) is 2.45. The Balaban J connectivity index is 2.29. The number of hydrogen-bond donors (Lipinski definition) is 1. The van der Waals surface area contributed by atoms with Crippen molar-refractivity contribution in [2.24, 2.45) is 7.05 Å². The number of nitrogens with zero attached hydrogens (tertiary/aromatic N) is 4. The molecule has 0 aliphatic heterocycles. The van der Waals surface area contributed by atoms with E-state index >= 15 is 0 Å². The molecule has 0 aliphatic rings. The Morgan fingerprint density at radius 2 is 2.05 bits per heavy atom. The van der Waals surface area contributed by atoms with E-state index in [1.165, 1.54) is 6.08 Å². The van der Waals surface area contributed by atoms with Gasteiger partial charge in [-0.3, -0.25) is 4.68 Å². The highest BCUT2D eigenvalue weighted by Gasteiger charge is 2.18. The summed E-state index contributed by atoms with van der Waals surface area (Å²) in [4.78, 5) is 10.8. The number of halogens is 1. The summed E-state index contributed by atoms with van der Waals surface area (Å²) in [6.45, 7) is 1.82. The Morgan fingerprint density at radius 1 is 1.32 bits per heavy atom. The quantitative estimate of drug-likeness (QED) is 0.754. The maximum atomic E-state index is 10.8. The van der Waals surface area contributed by atoms with Crippen LogP contribution in [0.15, 0.2) is 30.3 Å². The molecule has 2 heterocycles.